The number of piperidine rings is 1. The smallest absolute Gasteiger partial charge is 0.291 e. The van der Waals surface area contributed by atoms with Crippen molar-refractivity contribution in [1.82, 2.24) is 9.88 Å². The molecule has 1 N–H and O–H groups in total. The van der Waals surface area contributed by atoms with Crippen LogP contribution in [0.5, 0.6) is 0 Å². The summed E-state index contributed by atoms with van der Waals surface area (Å²) in [5.74, 6) is 0.173. The third-order valence-corrected chi connectivity index (χ3v) is 7.44. The monoisotopic (exact) mass is 421 g/mol. The maximum absolute atomic E-state index is 12.9. The summed E-state index contributed by atoms with van der Waals surface area (Å²) in [7, 11) is 0. The molecule has 0 spiro atoms. The molecule has 0 saturated carbocycles. The highest BCUT2D eigenvalue weighted by Gasteiger charge is 2.33. The second kappa shape index (κ2) is 8.74. The van der Waals surface area contributed by atoms with Gasteiger partial charge in [-0.3, -0.25) is 14.7 Å². The minimum absolute atomic E-state index is 0.129. The zero-order chi connectivity index (χ0) is 20.3. The molecule has 1 saturated heterocycles. The van der Waals surface area contributed by atoms with Crippen LogP contribution in [0.25, 0.3) is 0 Å². The molecule has 0 aromatic carbocycles. The fraction of sp³-hybridized carbons (Fsp3) is 0.417. The number of hydrogen-bond acceptors (Lipinski definition) is 5. The van der Waals surface area contributed by atoms with Gasteiger partial charge in [-0.05, 0) is 80.9 Å². The van der Waals surface area contributed by atoms with Gasteiger partial charge in [-0.2, -0.15) is 0 Å². The first kappa shape index (κ1) is 19.5. The molecule has 30 heavy (non-hydrogen) atoms. The summed E-state index contributed by atoms with van der Waals surface area (Å²) < 4.78 is 5.34. The highest BCUT2D eigenvalue weighted by molar-refractivity contribution is 7.16. The molecule has 0 unspecified atom stereocenters. The molecule has 1 fully saturated rings. The molecule has 6 heteroatoms. The number of hydrogen-bond donors (Lipinski definition) is 1. The lowest BCUT2D eigenvalue weighted by Gasteiger charge is -2.36. The van der Waals surface area contributed by atoms with Gasteiger partial charge >= 0.3 is 0 Å². The van der Waals surface area contributed by atoms with Crippen molar-refractivity contribution < 1.29 is 9.21 Å². The van der Waals surface area contributed by atoms with E-state index in [1.165, 1.54) is 53.7 Å². The Labute approximate surface area is 181 Å². The lowest BCUT2D eigenvalue weighted by Crippen LogP contribution is -2.35. The SMILES string of the molecule is O=C(Nc1sc2c(c1[C@@H](c1cccnc1)N1CCCCC1)CCCC2)c1ccco1. The number of carbonyl (C=O) groups excluding carboxylic acids is 1. The summed E-state index contributed by atoms with van der Waals surface area (Å²) in [5.41, 5.74) is 3.93. The quantitative estimate of drug-likeness (QED) is 0.596. The summed E-state index contributed by atoms with van der Waals surface area (Å²) in [6, 6.07) is 7.79. The van der Waals surface area contributed by atoms with Crippen LogP contribution in [0.1, 0.15) is 70.3 Å². The first-order valence-electron chi connectivity index (χ1n) is 10.9. The minimum atomic E-state index is -0.177. The van der Waals surface area contributed by atoms with E-state index in [0.717, 1.165) is 30.9 Å². The highest BCUT2D eigenvalue weighted by atomic mass is 32.1. The Bertz CT molecular complexity index is 991. The van der Waals surface area contributed by atoms with E-state index in [4.69, 9.17) is 4.42 Å². The summed E-state index contributed by atoms with van der Waals surface area (Å²) in [5, 5.41) is 4.17. The standard InChI is InChI=1S/C24H27N3O2S/c28-23(19-10-7-15-29-19)26-24-21(18-9-2-3-11-20(18)30-24)22(17-8-6-12-25-16-17)27-13-4-1-5-14-27/h6-8,10,12,15-16,22H,1-5,9,11,13-14H2,(H,26,28)/t22-/m1/s1. The molecule has 156 valence electrons. The van der Waals surface area contributed by atoms with Crippen molar-refractivity contribution in [2.45, 2.75) is 51.0 Å². The molecule has 0 bridgehead atoms. The van der Waals surface area contributed by atoms with Crippen molar-refractivity contribution in [2.75, 3.05) is 18.4 Å². The zero-order valence-corrected chi connectivity index (χ0v) is 17.9. The number of pyridine rings is 1. The largest absolute Gasteiger partial charge is 0.459 e. The fourth-order valence-corrected chi connectivity index (χ4v) is 6.14. The molecular weight excluding hydrogens is 394 g/mol. The molecule has 5 rings (SSSR count). The Morgan fingerprint density at radius 2 is 1.97 bits per heavy atom. The number of carbonyl (C=O) groups is 1. The van der Waals surface area contributed by atoms with Gasteiger partial charge in [0, 0.05) is 22.8 Å². The normalized spacial score (nSPS) is 18.0. The lowest BCUT2D eigenvalue weighted by molar-refractivity contribution is 0.0996. The Kier molecular flexibility index (Phi) is 5.69. The van der Waals surface area contributed by atoms with Crippen molar-refractivity contribution in [3.05, 3.63) is 70.3 Å². The van der Waals surface area contributed by atoms with E-state index in [9.17, 15) is 4.79 Å². The second-order valence-electron chi connectivity index (χ2n) is 8.17. The second-order valence-corrected chi connectivity index (χ2v) is 9.28. The molecular formula is C24H27N3O2S. The molecule has 3 aromatic heterocycles. The number of furan rings is 1. The van der Waals surface area contributed by atoms with Crippen molar-refractivity contribution in [2.24, 2.45) is 0 Å². The van der Waals surface area contributed by atoms with E-state index in [1.807, 2.05) is 18.5 Å². The number of thiophene rings is 1. The summed E-state index contributed by atoms with van der Waals surface area (Å²) >= 11 is 1.75. The number of rotatable bonds is 5. The molecule has 1 atom stereocenters. The first-order valence-corrected chi connectivity index (χ1v) is 11.8. The van der Waals surface area contributed by atoms with Crippen LogP contribution in [-0.2, 0) is 12.8 Å². The molecule has 0 radical (unpaired) electrons. The predicted molar refractivity (Wildman–Crippen MR) is 119 cm³/mol. The maximum atomic E-state index is 12.9. The van der Waals surface area contributed by atoms with E-state index in [1.54, 1.807) is 29.7 Å². The van der Waals surface area contributed by atoms with E-state index in [-0.39, 0.29) is 11.9 Å². The van der Waals surface area contributed by atoms with Gasteiger partial charge in [0.25, 0.3) is 5.91 Å². The maximum Gasteiger partial charge on any atom is 0.291 e. The summed E-state index contributed by atoms with van der Waals surface area (Å²) in [4.78, 5) is 21.3. The average molecular weight is 422 g/mol. The predicted octanol–water partition coefficient (Wildman–Crippen LogP) is 5.44. The van der Waals surface area contributed by atoms with Gasteiger partial charge in [0.15, 0.2) is 5.76 Å². The van der Waals surface area contributed by atoms with E-state index in [0.29, 0.717) is 5.76 Å². The zero-order valence-electron chi connectivity index (χ0n) is 17.1. The van der Waals surface area contributed by atoms with Gasteiger partial charge in [-0.15, -0.1) is 11.3 Å². The van der Waals surface area contributed by atoms with Crippen molar-refractivity contribution in [3.8, 4) is 0 Å². The molecule has 2 aliphatic rings. The van der Waals surface area contributed by atoms with Crippen LogP contribution < -0.4 is 5.32 Å². The lowest BCUT2D eigenvalue weighted by atomic mass is 9.88. The number of nitrogens with zero attached hydrogens (tertiary/aromatic N) is 2. The van der Waals surface area contributed by atoms with Crippen LogP contribution in [0, 0.1) is 0 Å². The first-order chi connectivity index (χ1) is 14.8. The van der Waals surface area contributed by atoms with Crippen molar-refractivity contribution in [3.63, 3.8) is 0 Å². The Morgan fingerprint density at radius 3 is 2.73 bits per heavy atom. The third-order valence-electron chi connectivity index (χ3n) is 6.21. The third kappa shape index (κ3) is 3.82. The fourth-order valence-electron chi connectivity index (χ4n) is 4.82. The molecule has 5 nitrogen and oxygen atoms in total. The topological polar surface area (TPSA) is 58.4 Å². The number of aromatic nitrogens is 1. The summed E-state index contributed by atoms with van der Waals surface area (Å²) in [6.45, 7) is 2.16. The van der Waals surface area contributed by atoms with Crippen LogP contribution in [0.3, 0.4) is 0 Å². The van der Waals surface area contributed by atoms with Gasteiger partial charge in [-0.1, -0.05) is 12.5 Å². The minimum Gasteiger partial charge on any atom is -0.459 e. The van der Waals surface area contributed by atoms with E-state index < -0.39 is 0 Å². The Morgan fingerprint density at radius 1 is 1.10 bits per heavy atom. The van der Waals surface area contributed by atoms with Gasteiger partial charge in [0.2, 0.25) is 0 Å². The molecule has 1 amide bonds. The van der Waals surface area contributed by atoms with E-state index >= 15 is 0 Å². The number of nitrogens with one attached hydrogen (secondary N) is 1. The molecule has 3 aromatic rings. The van der Waals surface area contributed by atoms with Crippen LogP contribution in [0.15, 0.2) is 47.3 Å². The van der Waals surface area contributed by atoms with Crippen molar-refractivity contribution >= 4 is 22.2 Å². The average Bonchev–Trinajstić information content (AvgIpc) is 3.45. The number of likely N-dealkylation sites (tertiary alicyclic amines) is 1. The van der Waals surface area contributed by atoms with Crippen LogP contribution in [-0.4, -0.2) is 28.9 Å². The Hall–Kier alpha value is -2.44. The van der Waals surface area contributed by atoms with Crippen LogP contribution in [0.4, 0.5) is 5.00 Å². The highest BCUT2D eigenvalue weighted by Crippen LogP contribution is 2.46. The van der Waals surface area contributed by atoms with Crippen LogP contribution >= 0.6 is 11.3 Å². The molecule has 1 aliphatic carbocycles. The number of anilines is 1. The molecule has 1 aliphatic heterocycles. The van der Waals surface area contributed by atoms with Gasteiger partial charge in [0.05, 0.1) is 12.3 Å². The Balaban J connectivity index is 1.60. The number of aryl methyl sites for hydroxylation is 1. The van der Waals surface area contributed by atoms with Gasteiger partial charge < -0.3 is 9.73 Å². The summed E-state index contributed by atoms with van der Waals surface area (Å²) in [6.07, 6.45) is 13.7. The van der Waals surface area contributed by atoms with Crippen molar-refractivity contribution in [1.29, 1.82) is 0 Å². The van der Waals surface area contributed by atoms with Gasteiger partial charge in [-0.25, -0.2) is 0 Å². The number of amides is 1. The van der Waals surface area contributed by atoms with Crippen LogP contribution in [0.2, 0.25) is 0 Å². The van der Waals surface area contributed by atoms with Gasteiger partial charge in [0.1, 0.15) is 5.00 Å². The van der Waals surface area contributed by atoms with E-state index in [2.05, 4.69) is 21.3 Å². The number of fused-ring (bicyclic) bond motifs is 1. The molecule has 4 heterocycles.